The summed E-state index contributed by atoms with van der Waals surface area (Å²) in [4.78, 5) is 26.4. The Morgan fingerprint density at radius 3 is 2.47 bits per heavy atom. The van der Waals surface area contributed by atoms with E-state index in [1.54, 1.807) is 0 Å². The molecule has 162 valence electrons. The number of fused-ring (bicyclic) bond motifs is 1. The molecule has 0 N–H and O–H groups in total. The van der Waals surface area contributed by atoms with Crippen molar-refractivity contribution in [3.8, 4) is 0 Å². The van der Waals surface area contributed by atoms with Crippen LogP contribution in [0.5, 0.6) is 0 Å². The van der Waals surface area contributed by atoms with E-state index in [4.69, 9.17) is 0 Å². The smallest absolute Gasteiger partial charge is 0.225 e. The number of nitrogens with zero attached hydrogens (tertiary/aromatic N) is 4. The molecule has 3 aliphatic rings. The van der Waals surface area contributed by atoms with E-state index in [-0.39, 0.29) is 5.92 Å². The first-order valence-corrected chi connectivity index (χ1v) is 12.6. The molecular formula is C24H34N4OS. The van der Waals surface area contributed by atoms with Crippen LogP contribution in [0.15, 0.2) is 18.3 Å². The Balaban J connectivity index is 1.15. The van der Waals surface area contributed by atoms with Crippen LogP contribution in [-0.2, 0) is 4.79 Å². The fourth-order valence-corrected chi connectivity index (χ4v) is 6.57. The molecule has 2 aromatic heterocycles. The maximum absolute atomic E-state index is 13.2. The standard InChI is InChI=1S/C24H34N4OS/c1-18-17-21-22(30-18)5-10-25-23(21)27-13-6-19(7-14-27)24(29)28-15-8-20(9-16-28)26-11-3-2-4-12-26/h5,10,17,19-20H,2-4,6-9,11-16H2,1H3. The lowest BCUT2D eigenvalue weighted by Crippen LogP contribution is -2.50. The third-order valence-electron chi connectivity index (χ3n) is 7.37. The number of amides is 1. The Morgan fingerprint density at radius 1 is 1.00 bits per heavy atom. The molecule has 2 aromatic rings. The molecular weight excluding hydrogens is 392 g/mol. The molecule has 0 bridgehead atoms. The van der Waals surface area contributed by atoms with Crippen LogP contribution in [0, 0.1) is 12.8 Å². The summed E-state index contributed by atoms with van der Waals surface area (Å²) >= 11 is 1.83. The normalized spacial score (nSPS) is 22.7. The Morgan fingerprint density at radius 2 is 1.73 bits per heavy atom. The van der Waals surface area contributed by atoms with Crippen LogP contribution >= 0.6 is 11.3 Å². The fourth-order valence-electron chi connectivity index (χ4n) is 5.66. The van der Waals surface area contributed by atoms with Gasteiger partial charge in [0, 0.05) is 59.3 Å². The van der Waals surface area contributed by atoms with Crippen LogP contribution in [-0.4, -0.2) is 66.0 Å². The summed E-state index contributed by atoms with van der Waals surface area (Å²) in [5, 5.41) is 1.27. The number of hydrogen-bond acceptors (Lipinski definition) is 5. The minimum Gasteiger partial charge on any atom is -0.356 e. The number of carbonyl (C=O) groups excluding carboxylic acids is 1. The largest absolute Gasteiger partial charge is 0.356 e. The molecule has 0 unspecified atom stereocenters. The van der Waals surface area contributed by atoms with Crippen molar-refractivity contribution in [2.24, 2.45) is 5.92 Å². The number of aryl methyl sites for hydroxylation is 1. The SMILES string of the molecule is Cc1cc2c(N3CCC(C(=O)N4CCC(N5CCCCC5)CC4)CC3)nccc2s1. The number of pyridine rings is 1. The molecule has 30 heavy (non-hydrogen) atoms. The summed E-state index contributed by atoms with van der Waals surface area (Å²) in [6, 6.07) is 5.07. The van der Waals surface area contributed by atoms with Gasteiger partial charge < -0.3 is 14.7 Å². The molecule has 0 saturated carbocycles. The Hall–Kier alpha value is -1.66. The average molecular weight is 427 g/mol. The quantitative estimate of drug-likeness (QED) is 0.734. The second kappa shape index (κ2) is 8.83. The first kappa shape index (κ1) is 20.3. The van der Waals surface area contributed by atoms with Gasteiger partial charge in [0.25, 0.3) is 0 Å². The van der Waals surface area contributed by atoms with Gasteiger partial charge in [0.05, 0.1) is 0 Å². The Kier molecular flexibility index (Phi) is 5.96. The highest BCUT2D eigenvalue weighted by Gasteiger charge is 2.33. The molecule has 0 aliphatic carbocycles. The van der Waals surface area contributed by atoms with Gasteiger partial charge >= 0.3 is 0 Å². The van der Waals surface area contributed by atoms with Gasteiger partial charge in [0.15, 0.2) is 0 Å². The number of anilines is 1. The summed E-state index contributed by atoms with van der Waals surface area (Å²) in [5.74, 6) is 1.70. The molecule has 0 radical (unpaired) electrons. The molecule has 0 atom stereocenters. The molecule has 3 saturated heterocycles. The predicted octanol–water partition coefficient (Wildman–Crippen LogP) is 4.30. The number of likely N-dealkylation sites (tertiary alicyclic amines) is 2. The molecule has 0 aromatic carbocycles. The average Bonchev–Trinajstić information content (AvgIpc) is 3.20. The number of thiophene rings is 1. The minimum absolute atomic E-state index is 0.191. The predicted molar refractivity (Wildman–Crippen MR) is 124 cm³/mol. The lowest BCUT2D eigenvalue weighted by molar-refractivity contribution is -0.137. The topological polar surface area (TPSA) is 39.7 Å². The van der Waals surface area contributed by atoms with Crippen LogP contribution in [0.2, 0.25) is 0 Å². The molecule has 5 heterocycles. The van der Waals surface area contributed by atoms with E-state index in [0.717, 1.165) is 57.7 Å². The third-order valence-corrected chi connectivity index (χ3v) is 8.39. The van der Waals surface area contributed by atoms with Gasteiger partial charge in [-0.2, -0.15) is 0 Å². The van der Waals surface area contributed by atoms with Crippen molar-refractivity contribution in [1.29, 1.82) is 0 Å². The number of hydrogen-bond donors (Lipinski definition) is 0. The second-order valence-corrected chi connectivity index (χ2v) is 10.6. The zero-order chi connectivity index (χ0) is 20.5. The summed E-state index contributed by atoms with van der Waals surface area (Å²) in [5.41, 5.74) is 0. The Labute approximate surface area is 184 Å². The summed E-state index contributed by atoms with van der Waals surface area (Å²) in [6.07, 6.45) is 10.2. The van der Waals surface area contributed by atoms with Gasteiger partial charge in [-0.15, -0.1) is 11.3 Å². The lowest BCUT2D eigenvalue weighted by atomic mass is 9.93. The van der Waals surface area contributed by atoms with Crippen molar-refractivity contribution >= 4 is 33.1 Å². The highest BCUT2D eigenvalue weighted by molar-refractivity contribution is 7.19. The van der Waals surface area contributed by atoms with Crippen molar-refractivity contribution in [3.05, 3.63) is 23.2 Å². The maximum Gasteiger partial charge on any atom is 0.225 e. The van der Waals surface area contributed by atoms with E-state index in [2.05, 4.69) is 38.7 Å². The van der Waals surface area contributed by atoms with Gasteiger partial charge in [-0.05, 0) is 70.7 Å². The van der Waals surface area contributed by atoms with E-state index in [1.165, 1.54) is 47.3 Å². The van der Waals surface area contributed by atoms with E-state index >= 15 is 0 Å². The highest BCUT2D eigenvalue weighted by Crippen LogP contribution is 2.33. The molecule has 1 amide bonds. The van der Waals surface area contributed by atoms with Gasteiger partial charge in [0.1, 0.15) is 5.82 Å². The molecule has 3 fully saturated rings. The number of piperidine rings is 3. The monoisotopic (exact) mass is 426 g/mol. The van der Waals surface area contributed by atoms with Gasteiger partial charge in [-0.25, -0.2) is 4.98 Å². The summed E-state index contributed by atoms with van der Waals surface area (Å²) in [7, 11) is 0. The third kappa shape index (κ3) is 4.09. The van der Waals surface area contributed by atoms with Gasteiger partial charge in [-0.1, -0.05) is 6.42 Å². The van der Waals surface area contributed by atoms with Gasteiger partial charge in [0.2, 0.25) is 5.91 Å². The van der Waals surface area contributed by atoms with Crippen molar-refractivity contribution in [1.82, 2.24) is 14.8 Å². The second-order valence-electron chi connectivity index (χ2n) is 9.32. The van der Waals surface area contributed by atoms with Crippen molar-refractivity contribution in [2.75, 3.05) is 44.2 Å². The van der Waals surface area contributed by atoms with E-state index in [9.17, 15) is 4.79 Å². The van der Waals surface area contributed by atoms with E-state index < -0.39 is 0 Å². The van der Waals surface area contributed by atoms with Crippen LogP contribution < -0.4 is 4.90 Å². The Bertz CT molecular complexity index is 874. The first-order chi connectivity index (χ1) is 14.7. The first-order valence-electron chi connectivity index (χ1n) is 11.8. The zero-order valence-corrected chi connectivity index (χ0v) is 19.0. The fraction of sp³-hybridized carbons (Fsp3) is 0.667. The number of rotatable bonds is 3. The van der Waals surface area contributed by atoms with Crippen LogP contribution in [0.25, 0.3) is 10.1 Å². The van der Waals surface area contributed by atoms with Crippen molar-refractivity contribution in [2.45, 2.75) is 57.9 Å². The molecule has 5 rings (SSSR count). The van der Waals surface area contributed by atoms with Crippen LogP contribution in [0.3, 0.4) is 0 Å². The van der Waals surface area contributed by atoms with Crippen LogP contribution in [0.4, 0.5) is 5.82 Å². The highest BCUT2D eigenvalue weighted by atomic mass is 32.1. The van der Waals surface area contributed by atoms with Crippen LogP contribution in [0.1, 0.15) is 49.8 Å². The lowest BCUT2D eigenvalue weighted by Gasteiger charge is -2.42. The summed E-state index contributed by atoms with van der Waals surface area (Å²) in [6.45, 7) is 8.46. The molecule has 0 spiro atoms. The molecule has 6 heteroatoms. The minimum atomic E-state index is 0.191. The van der Waals surface area contributed by atoms with Gasteiger partial charge in [-0.3, -0.25) is 4.79 Å². The maximum atomic E-state index is 13.2. The van der Waals surface area contributed by atoms with Crippen molar-refractivity contribution < 1.29 is 4.79 Å². The molecule has 5 nitrogen and oxygen atoms in total. The van der Waals surface area contributed by atoms with Crippen molar-refractivity contribution in [3.63, 3.8) is 0 Å². The van der Waals surface area contributed by atoms with E-state index in [0.29, 0.717) is 11.9 Å². The van der Waals surface area contributed by atoms with E-state index in [1.807, 2.05) is 17.5 Å². The summed E-state index contributed by atoms with van der Waals surface area (Å²) < 4.78 is 1.31. The number of carbonyl (C=O) groups is 1. The number of aromatic nitrogens is 1. The zero-order valence-electron chi connectivity index (χ0n) is 18.2. The molecule has 3 aliphatic heterocycles.